The van der Waals surface area contributed by atoms with Crippen LogP contribution in [-0.4, -0.2) is 59.7 Å². The van der Waals surface area contributed by atoms with Gasteiger partial charge in [0, 0.05) is 6.54 Å². The number of aliphatic hydroxyl groups excluding tert-OH is 1. The second-order valence-electron chi connectivity index (χ2n) is 8.08. The standard InChI is InChI=1S/C20H31NO5/c1-19(2,3)26-18(23)21-11-10-17(22)13-25-20(4,14-21)15-24-12-16-8-6-5-7-9-16/h5-9,17,22H,10-15H2,1-4H3/t17-,20+/m0/s1. The van der Waals surface area contributed by atoms with E-state index in [1.165, 1.54) is 0 Å². The molecule has 1 heterocycles. The summed E-state index contributed by atoms with van der Waals surface area (Å²) in [4.78, 5) is 14.1. The van der Waals surface area contributed by atoms with Crippen LogP contribution in [0.2, 0.25) is 0 Å². The lowest BCUT2D eigenvalue weighted by Gasteiger charge is -2.39. The predicted octanol–water partition coefficient (Wildman–Crippen LogP) is 2.98. The summed E-state index contributed by atoms with van der Waals surface area (Å²) in [6.07, 6.45) is -0.557. The molecule has 0 spiro atoms. The number of carbonyl (C=O) groups is 1. The van der Waals surface area contributed by atoms with Crippen molar-refractivity contribution in [2.75, 3.05) is 26.3 Å². The van der Waals surface area contributed by atoms with Gasteiger partial charge < -0.3 is 24.2 Å². The molecule has 146 valence electrons. The summed E-state index contributed by atoms with van der Waals surface area (Å²) in [5.41, 5.74) is -0.211. The highest BCUT2D eigenvalue weighted by atomic mass is 16.6. The van der Waals surface area contributed by atoms with Crippen LogP contribution in [0, 0.1) is 0 Å². The van der Waals surface area contributed by atoms with Crippen LogP contribution in [0.15, 0.2) is 30.3 Å². The molecule has 6 nitrogen and oxygen atoms in total. The number of aliphatic hydroxyl groups is 1. The van der Waals surface area contributed by atoms with Gasteiger partial charge >= 0.3 is 6.09 Å². The van der Waals surface area contributed by atoms with Gasteiger partial charge in [0.25, 0.3) is 0 Å². The molecule has 0 bridgehead atoms. The zero-order valence-corrected chi connectivity index (χ0v) is 16.2. The Labute approximate surface area is 156 Å². The summed E-state index contributed by atoms with van der Waals surface area (Å²) in [5, 5.41) is 10.0. The first-order valence-electron chi connectivity index (χ1n) is 9.08. The summed E-state index contributed by atoms with van der Waals surface area (Å²) in [7, 11) is 0. The van der Waals surface area contributed by atoms with E-state index in [9.17, 15) is 9.90 Å². The van der Waals surface area contributed by atoms with E-state index in [-0.39, 0.29) is 6.61 Å². The van der Waals surface area contributed by atoms with Gasteiger partial charge in [-0.05, 0) is 39.7 Å². The second-order valence-corrected chi connectivity index (χ2v) is 8.08. The number of nitrogens with zero attached hydrogens (tertiary/aromatic N) is 1. The van der Waals surface area contributed by atoms with E-state index in [1.807, 2.05) is 58.0 Å². The predicted molar refractivity (Wildman–Crippen MR) is 98.9 cm³/mol. The van der Waals surface area contributed by atoms with Gasteiger partial charge in [0.15, 0.2) is 0 Å². The van der Waals surface area contributed by atoms with Crippen molar-refractivity contribution in [3.63, 3.8) is 0 Å². The minimum atomic E-state index is -0.715. The third kappa shape index (κ3) is 6.94. The summed E-state index contributed by atoms with van der Waals surface area (Å²) in [5.74, 6) is 0. The maximum absolute atomic E-state index is 12.5. The topological polar surface area (TPSA) is 68.2 Å². The van der Waals surface area contributed by atoms with Crippen LogP contribution >= 0.6 is 0 Å². The van der Waals surface area contributed by atoms with Gasteiger partial charge in [0.05, 0.1) is 32.5 Å². The van der Waals surface area contributed by atoms with Crippen LogP contribution in [0.1, 0.15) is 39.7 Å². The molecule has 0 aromatic heterocycles. The fraction of sp³-hybridized carbons (Fsp3) is 0.650. The van der Waals surface area contributed by atoms with Crippen LogP contribution in [0.25, 0.3) is 0 Å². The number of carbonyl (C=O) groups excluding carboxylic acids is 1. The average Bonchev–Trinajstić information content (AvgIpc) is 2.55. The first kappa shape index (κ1) is 20.7. The van der Waals surface area contributed by atoms with Crippen LogP contribution < -0.4 is 0 Å². The van der Waals surface area contributed by atoms with Crippen molar-refractivity contribution in [1.29, 1.82) is 0 Å². The zero-order valence-electron chi connectivity index (χ0n) is 16.2. The van der Waals surface area contributed by atoms with Crippen LogP contribution in [0.3, 0.4) is 0 Å². The molecule has 0 aliphatic carbocycles. The van der Waals surface area contributed by atoms with E-state index < -0.39 is 23.4 Å². The molecule has 0 unspecified atom stereocenters. The van der Waals surface area contributed by atoms with Crippen molar-refractivity contribution in [3.05, 3.63) is 35.9 Å². The van der Waals surface area contributed by atoms with Gasteiger partial charge in [-0.15, -0.1) is 0 Å². The molecule has 2 atom stereocenters. The van der Waals surface area contributed by atoms with Gasteiger partial charge in [0.1, 0.15) is 11.2 Å². The molecule has 1 fully saturated rings. The largest absolute Gasteiger partial charge is 0.444 e. The van der Waals surface area contributed by atoms with E-state index in [4.69, 9.17) is 14.2 Å². The number of benzene rings is 1. The number of hydrogen-bond acceptors (Lipinski definition) is 5. The van der Waals surface area contributed by atoms with Gasteiger partial charge in [-0.1, -0.05) is 30.3 Å². The van der Waals surface area contributed by atoms with Crippen LogP contribution in [-0.2, 0) is 20.8 Å². The molecule has 6 heteroatoms. The molecule has 1 N–H and O–H groups in total. The van der Waals surface area contributed by atoms with E-state index in [0.717, 1.165) is 5.56 Å². The normalized spacial score (nSPS) is 24.7. The number of rotatable bonds is 4. The third-order valence-corrected chi connectivity index (χ3v) is 4.05. The number of ether oxygens (including phenoxy) is 3. The Kier molecular flexibility index (Phi) is 7.03. The fourth-order valence-electron chi connectivity index (χ4n) is 2.74. The van der Waals surface area contributed by atoms with Crippen LogP contribution in [0.5, 0.6) is 0 Å². The van der Waals surface area contributed by atoms with Crippen molar-refractivity contribution >= 4 is 6.09 Å². The van der Waals surface area contributed by atoms with E-state index >= 15 is 0 Å². The van der Waals surface area contributed by atoms with Gasteiger partial charge in [-0.2, -0.15) is 0 Å². The van der Waals surface area contributed by atoms with Crippen molar-refractivity contribution in [2.45, 2.75) is 58.0 Å². The molecule has 1 aliphatic rings. The number of amides is 1. The first-order chi connectivity index (χ1) is 12.2. The quantitative estimate of drug-likeness (QED) is 0.888. The van der Waals surface area contributed by atoms with Gasteiger partial charge in [-0.25, -0.2) is 4.79 Å². The molecule has 26 heavy (non-hydrogen) atoms. The van der Waals surface area contributed by atoms with Crippen LogP contribution in [0.4, 0.5) is 4.79 Å². The SMILES string of the molecule is CC(C)(C)OC(=O)N1CC[C@H](O)CO[C@@](C)(COCc2ccccc2)C1. The van der Waals surface area contributed by atoms with Crippen molar-refractivity contribution in [3.8, 4) is 0 Å². The molecular weight excluding hydrogens is 334 g/mol. The van der Waals surface area contributed by atoms with E-state index in [2.05, 4.69) is 0 Å². The van der Waals surface area contributed by atoms with Gasteiger partial charge in [0.2, 0.25) is 0 Å². The molecule has 1 amide bonds. The lowest BCUT2D eigenvalue weighted by atomic mass is 10.1. The highest BCUT2D eigenvalue weighted by Gasteiger charge is 2.35. The maximum Gasteiger partial charge on any atom is 0.410 e. The molecule has 1 aromatic carbocycles. The zero-order chi connectivity index (χ0) is 19.2. The minimum Gasteiger partial charge on any atom is -0.444 e. The molecule has 0 radical (unpaired) electrons. The summed E-state index contributed by atoms with van der Waals surface area (Å²) in [6.45, 7) is 9.19. The van der Waals surface area contributed by atoms with Gasteiger partial charge in [-0.3, -0.25) is 0 Å². The average molecular weight is 365 g/mol. The van der Waals surface area contributed by atoms with Crippen molar-refractivity contribution < 1.29 is 24.1 Å². The highest BCUT2D eigenvalue weighted by molar-refractivity contribution is 5.68. The molecule has 0 saturated carbocycles. The van der Waals surface area contributed by atoms with E-state index in [1.54, 1.807) is 4.90 Å². The Morgan fingerprint density at radius 2 is 2.04 bits per heavy atom. The number of hydrogen-bond donors (Lipinski definition) is 1. The lowest BCUT2D eigenvalue weighted by Crippen LogP contribution is -2.52. The maximum atomic E-state index is 12.5. The molecule has 1 aliphatic heterocycles. The molecule has 1 saturated heterocycles. The minimum absolute atomic E-state index is 0.230. The summed E-state index contributed by atoms with van der Waals surface area (Å²) in [6, 6.07) is 9.89. The monoisotopic (exact) mass is 365 g/mol. The molecule has 1 aromatic rings. The molecular formula is C20H31NO5. The second kappa shape index (κ2) is 8.84. The molecule has 2 rings (SSSR count). The highest BCUT2D eigenvalue weighted by Crippen LogP contribution is 2.21. The third-order valence-electron chi connectivity index (χ3n) is 4.05. The summed E-state index contributed by atoms with van der Waals surface area (Å²) >= 11 is 0. The lowest BCUT2D eigenvalue weighted by molar-refractivity contribution is -0.134. The summed E-state index contributed by atoms with van der Waals surface area (Å²) < 4.78 is 17.2. The Bertz CT molecular complexity index is 571. The Morgan fingerprint density at radius 1 is 1.35 bits per heavy atom. The Hall–Kier alpha value is -1.63. The first-order valence-corrected chi connectivity index (χ1v) is 9.08. The Morgan fingerprint density at radius 3 is 2.69 bits per heavy atom. The smallest absolute Gasteiger partial charge is 0.410 e. The fourth-order valence-corrected chi connectivity index (χ4v) is 2.74. The van der Waals surface area contributed by atoms with Crippen molar-refractivity contribution in [2.24, 2.45) is 0 Å². The van der Waals surface area contributed by atoms with Crippen molar-refractivity contribution in [1.82, 2.24) is 4.90 Å². The Balaban J connectivity index is 1.99. The van der Waals surface area contributed by atoms with E-state index in [0.29, 0.717) is 32.7 Å².